The summed E-state index contributed by atoms with van der Waals surface area (Å²) in [5, 5.41) is 1.07. The number of aldehydes is 1. The summed E-state index contributed by atoms with van der Waals surface area (Å²) in [5.74, 6) is 0.863. The van der Waals surface area contributed by atoms with Gasteiger partial charge in [-0.25, -0.2) is 4.98 Å². The zero-order valence-corrected chi connectivity index (χ0v) is 12.8. The number of aromatic nitrogens is 1. The van der Waals surface area contributed by atoms with Crippen LogP contribution in [0.15, 0.2) is 0 Å². The standard InChI is InChI=1S/C15H22N2OS/c1-15(2,3)13-12(9-18)19-14(16-13)17(11-6-7-11)8-10-4-5-10/h9-11H,4-8H2,1-3H3. The molecule has 1 aromatic rings. The smallest absolute Gasteiger partial charge is 0.186 e. The molecule has 0 amide bonds. The second-order valence-electron chi connectivity index (χ2n) is 6.90. The van der Waals surface area contributed by atoms with Gasteiger partial charge in [-0.1, -0.05) is 32.1 Å². The lowest BCUT2D eigenvalue weighted by atomic mass is 9.91. The highest BCUT2D eigenvalue weighted by Crippen LogP contribution is 2.41. The van der Waals surface area contributed by atoms with E-state index in [0.717, 1.165) is 34.5 Å². The lowest BCUT2D eigenvalue weighted by Crippen LogP contribution is -2.28. The molecule has 0 unspecified atom stereocenters. The minimum absolute atomic E-state index is 0.0558. The highest BCUT2D eigenvalue weighted by molar-refractivity contribution is 7.17. The summed E-state index contributed by atoms with van der Waals surface area (Å²) in [7, 11) is 0. The molecule has 0 saturated heterocycles. The van der Waals surface area contributed by atoms with E-state index in [1.807, 2.05) is 0 Å². The van der Waals surface area contributed by atoms with E-state index >= 15 is 0 Å². The predicted molar refractivity (Wildman–Crippen MR) is 79.3 cm³/mol. The number of hydrogen-bond donors (Lipinski definition) is 0. The number of thiazole rings is 1. The van der Waals surface area contributed by atoms with Crippen molar-refractivity contribution in [3.05, 3.63) is 10.6 Å². The van der Waals surface area contributed by atoms with Crippen LogP contribution in [0.1, 0.15) is 61.8 Å². The molecule has 1 heterocycles. The average molecular weight is 278 g/mol. The van der Waals surface area contributed by atoms with Crippen LogP contribution in [-0.2, 0) is 5.41 Å². The summed E-state index contributed by atoms with van der Waals surface area (Å²) in [4.78, 5) is 19.4. The number of hydrogen-bond acceptors (Lipinski definition) is 4. The SMILES string of the molecule is CC(C)(C)c1nc(N(CC2CC2)C2CC2)sc1C=O. The quantitative estimate of drug-likeness (QED) is 0.771. The number of nitrogens with zero attached hydrogens (tertiary/aromatic N) is 2. The Morgan fingerprint density at radius 1 is 1.32 bits per heavy atom. The van der Waals surface area contributed by atoms with Crippen LogP contribution in [0.2, 0.25) is 0 Å². The van der Waals surface area contributed by atoms with Crippen molar-refractivity contribution in [1.29, 1.82) is 0 Å². The summed E-state index contributed by atoms with van der Waals surface area (Å²) < 4.78 is 0. The van der Waals surface area contributed by atoms with E-state index in [-0.39, 0.29) is 5.41 Å². The van der Waals surface area contributed by atoms with Gasteiger partial charge in [0.25, 0.3) is 0 Å². The fourth-order valence-corrected chi connectivity index (χ4v) is 3.58. The molecule has 2 fully saturated rings. The first kappa shape index (κ1) is 13.1. The second kappa shape index (κ2) is 4.58. The van der Waals surface area contributed by atoms with Gasteiger partial charge < -0.3 is 4.90 Å². The van der Waals surface area contributed by atoms with Crippen LogP contribution in [0, 0.1) is 5.92 Å². The highest BCUT2D eigenvalue weighted by Gasteiger charge is 2.36. The molecule has 3 rings (SSSR count). The van der Waals surface area contributed by atoms with Crippen LogP contribution in [-0.4, -0.2) is 23.9 Å². The van der Waals surface area contributed by atoms with Gasteiger partial charge >= 0.3 is 0 Å². The summed E-state index contributed by atoms with van der Waals surface area (Å²) in [6, 6.07) is 0.680. The number of anilines is 1. The van der Waals surface area contributed by atoms with Crippen molar-refractivity contribution in [2.45, 2.75) is 57.9 Å². The molecule has 19 heavy (non-hydrogen) atoms. The third kappa shape index (κ3) is 2.83. The third-order valence-corrected chi connectivity index (χ3v) is 4.86. The maximum Gasteiger partial charge on any atom is 0.186 e. The van der Waals surface area contributed by atoms with Gasteiger partial charge in [-0.15, -0.1) is 0 Å². The Balaban J connectivity index is 1.89. The molecule has 3 nitrogen and oxygen atoms in total. The van der Waals surface area contributed by atoms with Crippen LogP contribution in [0.4, 0.5) is 5.13 Å². The first-order valence-corrected chi connectivity index (χ1v) is 8.04. The van der Waals surface area contributed by atoms with E-state index in [4.69, 9.17) is 4.98 Å². The van der Waals surface area contributed by atoms with Crippen molar-refractivity contribution < 1.29 is 4.79 Å². The first-order chi connectivity index (χ1) is 8.99. The molecular formula is C15H22N2OS. The normalized spacial score (nSPS) is 19.5. The van der Waals surface area contributed by atoms with E-state index in [1.165, 1.54) is 25.7 Å². The Hall–Kier alpha value is -0.900. The zero-order valence-electron chi connectivity index (χ0n) is 12.0. The first-order valence-electron chi connectivity index (χ1n) is 7.22. The van der Waals surface area contributed by atoms with Gasteiger partial charge in [0.05, 0.1) is 10.6 Å². The maximum atomic E-state index is 11.3. The van der Waals surface area contributed by atoms with Gasteiger partial charge in [-0.3, -0.25) is 4.79 Å². The molecule has 2 aliphatic rings. The maximum absolute atomic E-state index is 11.3. The third-order valence-electron chi connectivity index (χ3n) is 3.84. The predicted octanol–water partition coefficient (Wildman–Crippen LogP) is 3.63. The van der Waals surface area contributed by atoms with Gasteiger partial charge in [0, 0.05) is 18.0 Å². The zero-order chi connectivity index (χ0) is 13.6. The van der Waals surface area contributed by atoms with E-state index in [9.17, 15) is 4.79 Å². The molecule has 0 spiro atoms. The minimum Gasteiger partial charge on any atom is -0.345 e. The summed E-state index contributed by atoms with van der Waals surface area (Å²) >= 11 is 1.58. The molecular weight excluding hydrogens is 256 g/mol. The summed E-state index contributed by atoms with van der Waals surface area (Å²) in [6.07, 6.45) is 6.27. The Morgan fingerprint density at radius 2 is 2.00 bits per heavy atom. The fourth-order valence-electron chi connectivity index (χ4n) is 2.41. The van der Waals surface area contributed by atoms with Crippen molar-refractivity contribution in [3.8, 4) is 0 Å². The van der Waals surface area contributed by atoms with Crippen molar-refractivity contribution in [2.75, 3.05) is 11.4 Å². The molecule has 1 aromatic heterocycles. The molecule has 4 heteroatoms. The molecule has 0 aromatic carbocycles. The number of carbonyl (C=O) groups excluding carboxylic acids is 1. The van der Waals surface area contributed by atoms with Gasteiger partial charge in [0.1, 0.15) is 0 Å². The van der Waals surface area contributed by atoms with Crippen molar-refractivity contribution in [2.24, 2.45) is 5.92 Å². The largest absolute Gasteiger partial charge is 0.345 e. The van der Waals surface area contributed by atoms with E-state index < -0.39 is 0 Å². The monoisotopic (exact) mass is 278 g/mol. The topological polar surface area (TPSA) is 33.2 Å². The fraction of sp³-hybridized carbons (Fsp3) is 0.733. The lowest BCUT2D eigenvalue weighted by Gasteiger charge is -2.21. The van der Waals surface area contributed by atoms with Crippen LogP contribution in [0.25, 0.3) is 0 Å². The van der Waals surface area contributed by atoms with Crippen molar-refractivity contribution in [1.82, 2.24) is 4.98 Å². The number of rotatable bonds is 5. The van der Waals surface area contributed by atoms with Crippen LogP contribution in [0.3, 0.4) is 0 Å². The van der Waals surface area contributed by atoms with Crippen LogP contribution < -0.4 is 4.90 Å². The minimum atomic E-state index is -0.0558. The Bertz CT molecular complexity index is 481. The molecule has 2 aliphatic carbocycles. The van der Waals surface area contributed by atoms with Crippen LogP contribution in [0.5, 0.6) is 0 Å². The van der Waals surface area contributed by atoms with E-state index in [1.54, 1.807) is 11.3 Å². The molecule has 0 bridgehead atoms. The second-order valence-corrected chi connectivity index (χ2v) is 7.91. The summed E-state index contributed by atoms with van der Waals surface area (Å²) in [6.45, 7) is 7.52. The van der Waals surface area contributed by atoms with Gasteiger partial charge in [0.2, 0.25) is 0 Å². The highest BCUT2D eigenvalue weighted by atomic mass is 32.1. The molecule has 0 radical (unpaired) electrons. The Labute approximate surface area is 119 Å². The molecule has 2 saturated carbocycles. The number of carbonyl (C=O) groups is 1. The van der Waals surface area contributed by atoms with Gasteiger partial charge in [-0.05, 0) is 31.6 Å². The van der Waals surface area contributed by atoms with Crippen LogP contribution >= 0.6 is 11.3 Å². The van der Waals surface area contributed by atoms with Crippen molar-refractivity contribution >= 4 is 22.8 Å². The van der Waals surface area contributed by atoms with E-state index in [0.29, 0.717) is 6.04 Å². The average Bonchev–Trinajstić information content (AvgIpc) is 3.22. The van der Waals surface area contributed by atoms with E-state index in [2.05, 4.69) is 25.7 Å². The van der Waals surface area contributed by atoms with Gasteiger partial charge in [-0.2, -0.15) is 0 Å². The molecule has 0 atom stereocenters. The molecule has 104 valence electrons. The lowest BCUT2D eigenvalue weighted by molar-refractivity contribution is 0.112. The van der Waals surface area contributed by atoms with Gasteiger partial charge in [0.15, 0.2) is 11.4 Å². The Morgan fingerprint density at radius 3 is 2.42 bits per heavy atom. The molecule has 0 aliphatic heterocycles. The summed E-state index contributed by atoms with van der Waals surface area (Å²) in [5.41, 5.74) is 0.906. The Kier molecular flexibility index (Phi) is 3.16. The molecule has 0 N–H and O–H groups in total. The van der Waals surface area contributed by atoms with Crippen molar-refractivity contribution in [3.63, 3.8) is 0 Å².